The van der Waals surface area contributed by atoms with E-state index in [1.54, 1.807) is 16.7 Å². The molecule has 0 aliphatic heterocycles. The number of nitrogens with zero attached hydrogens (tertiary/aromatic N) is 2. The zero-order valence-electron chi connectivity index (χ0n) is 11.9. The molecule has 7 heteroatoms. The quantitative estimate of drug-likeness (QED) is 0.907. The van der Waals surface area contributed by atoms with E-state index in [9.17, 15) is 4.79 Å². The number of amides is 1. The van der Waals surface area contributed by atoms with Crippen molar-refractivity contribution in [3.8, 4) is 0 Å². The van der Waals surface area contributed by atoms with E-state index < -0.39 is 0 Å². The molecule has 112 valence electrons. The Hall–Kier alpha value is -1.31. The average Bonchev–Trinajstić information content (AvgIpc) is 3.12. The van der Waals surface area contributed by atoms with E-state index in [1.807, 2.05) is 0 Å². The molecule has 0 aromatic carbocycles. The lowest BCUT2D eigenvalue weighted by atomic mass is 9.89. The number of rotatable bonds is 4. The van der Waals surface area contributed by atoms with Gasteiger partial charge < -0.3 is 5.73 Å². The monoisotopic (exact) mass is 322 g/mol. The third-order valence-electron chi connectivity index (χ3n) is 3.80. The summed E-state index contributed by atoms with van der Waals surface area (Å²) in [7, 11) is 0. The Morgan fingerprint density at radius 3 is 3.10 bits per heavy atom. The van der Waals surface area contributed by atoms with Gasteiger partial charge in [0, 0.05) is 16.8 Å². The van der Waals surface area contributed by atoms with Gasteiger partial charge in [-0.25, -0.2) is 9.97 Å². The lowest BCUT2D eigenvalue weighted by molar-refractivity contribution is 0.102. The minimum Gasteiger partial charge on any atom is -0.325 e. The molecule has 21 heavy (non-hydrogen) atoms. The van der Waals surface area contributed by atoms with Gasteiger partial charge in [0.1, 0.15) is 10.7 Å². The van der Waals surface area contributed by atoms with Crippen molar-refractivity contribution in [3.05, 3.63) is 26.7 Å². The van der Waals surface area contributed by atoms with Crippen LogP contribution < -0.4 is 11.1 Å². The molecule has 1 amide bonds. The fourth-order valence-corrected chi connectivity index (χ4v) is 4.29. The zero-order valence-corrected chi connectivity index (χ0v) is 13.5. The van der Waals surface area contributed by atoms with Gasteiger partial charge in [0.05, 0.1) is 5.69 Å². The fourth-order valence-electron chi connectivity index (χ4n) is 2.52. The van der Waals surface area contributed by atoms with Gasteiger partial charge in [-0.1, -0.05) is 13.3 Å². The Labute approximate surface area is 131 Å². The summed E-state index contributed by atoms with van der Waals surface area (Å²) < 4.78 is 0. The lowest BCUT2D eigenvalue weighted by Gasteiger charge is -2.18. The molecule has 3 N–H and O–H groups in total. The van der Waals surface area contributed by atoms with E-state index >= 15 is 0 Å². The summed E-state index contributed by atoms with van der Waals surface area (Å²) >= 11 is 3.00. The van der Waals surface area contributed by atoms with Gasteiger partial charge in [-0.05, 0) is 25.2 Å². The Balaban J connectivity index is 1.71. The van der Waals surface area contributed by atoms with E-state index in [0.29, 0.717) is 17.4 Å². The molecule has 5 nitrogen and oxygen atoms in total. The van der Waals surface area contributed by atoms with Gasteiger partial charge in [-0.3, -0.25) is 10.1 Å². The molecule has 0 bridgehead atoms. The number of carbonyl (C=O) groups excluding carboxylic acids is 1. The number of fused-ring (bicyclic) bond motifs is 1. The third-order valence-corrected chi connectivity index (χ3v) is 5.71. The molecular formula is C14H18N4OS2. The molecule has 2 aromatic rings. The first-order valence-electron chi connectivity index (χ1n) is 7.14. The highest BCUT2D eigenvalue weighted by Crippen LogP contribution is 2.33. The number of nitrogens with two attached hydrogens (primary N) is 1. The zero-order chi connectivity index (χ0) is 14.8. The number of carbonyl (C=O) groups is 1. The normalized spacial score (nSPS) is 17.5. The Kier molecular flexibility index (Phi) is 4.32. The first-order chi connectivity index (χ1) is 10.2. The fraction of sp³-hybridized carbons (Fsp3) is 0.500. The summed E-state index contributed by atoms with van der Waals surface area (Å²) in [6.07, 6.45) is 4.52. The van der Waals surface area contributed by atoms with Crippen LogP contribution in [0.15, 0.2) is 5.38 Å². The second kappa shape index (κ2) is 6.21. The smallest absolute Gasteiger partial charge is 0.276 e. The Morgan fingerprint density at radius 2 is 2.38 bits per heavy atom. The van der Waals surface area contributed by atoms with Crippen molar-refractivity contribution in [2.24, 2.45) is 11.7 Å². The molecule has 2 heterocycles. The summed E-state index contributed by atoms with van der Waals surface area (Å²) in [4.78, 5) is 22.2. The molecule has 0 saturated heterocycles. The summed E-state index contributed by atoms with van der Waals surface area (Å²) in [5.74, 6) is 0.552. The molecule has 2 aromatic heterocycles. The number of thiazole rings is 2. The predicted octanol–water partition coefficient (Wildman–Crippen LogP) is 2.83. The molecule has 0 radical (unpaired) electrons. The molecule has 1 aliphatic rings. The summed E-state index contributed by atoms with van der Waals surface area (Å²) in [5, 5.41) is 6.04. The highest BCUT2D eigenvalue weighted by atomic mass is 32.1. The molecule has 1 unspecified atom stereocenters. The Bertz CT molecular complexity index is 649. The van der Waals surface area contributed by atoms with Crippen LogP contribution in [0.5, 0.6) is 0 Å². The molecule has 1 aliphatic carbocycles. The SMILES string of the molecule is CCC1CCc2nc(NC(=O)c3csc(CN)n3)sc2C1. The van der Waals surface area contributed by atoms with Gasteiger partial charge in [0.15, 0.2) is 5.13 Å². The standard InChI is InChI=1S/C14H18N4OS2/c1-2-8-3-4-9-11(5-8)21-14(17-9)18-13(19)10-7-20-12(6-15)16-10/h7-8H,2-6,15H2,1H3,(H,17,18,19). The number of nitrogens with one attached hydrogen (secondary N) is 1. The molecule has 0 spiro atoms. The largest absolute Gasteiger partial charge is 0.325 e. The number of hydrogen-bond donors (Lipinski definition) is 2. The van der Waals surface area contributed by atoms with Crippen LogP contribution in [0.25, 0.3) is 0 Å². The predicted molar refractivity (Wildman–Crippen MR) is 85.9 cm³/mol. The highest BCUT2D eigenvalue weighted by Gasteiger charge is 2.22. The van der Waals surface area contributed by atoms with Crippen molar-refractivity contribution in [1.82, 2.24) is 9.97 Å². The van der Waals surface area contributed by atoms with Gasteiger partial charge in [-0.15, -0.1) is 22.7 Å². The minimum atomic E-state index is -0.205. The summed E-state index contributed by atoms with van der Waals surface area (Å²) in [6.45, 7) is 2.60. The molecular weight excluding hydrogens is 304 g/mol. The van der Waals surface area contributed by atoms with Crippen LogP contribution in [-0.2, 0) is 19.4 Å². The first-order valence-corrected chi connectivity index (χ1v) is 8.83. The minimum absolute atomic E-state index is 0.205. The average molecular weight is 322 g/mol. The number of anilines is 1. The van der Waals surface area contributed by atoms with E-state index in [0.717, 1.165) is 29.5 Å². The van der Waals surface area contributed by atoms with E-state index in [4.69, 9.17) is 5.73 Å². The first kappa shape index (κ1) is 14.6. The van der Waals surface area contributed by atoms with Crippen molar-refractivity contribution in [3.63, 3.8) is 0 Å². The maximum absolute atomic E-state index is 12.1. The molecule has 0 fully saturated rings. The molecule has 3 rings (SSSR count). The van der Waals surface area contributed by atoms with Gasteiger partial charge in [-0.2, -0.15) is 0 Å². The van der Waals surface area contributed by atoms with E-state index in [2.05, 4.69) is 22.2 Å². The second-order valence-corrected chi connectivity index (χ2v) is 7.22. The maximum Gasteiger partial charge on any atom is 0.276 e. The number of aromatic nitrogens is 2. The van der Waals surface area contributed by atoms with Crippen molar-refractivity contribution in [1.29, 1.82) is 0 Å². The van der Waals surface area contributed by atoms with Crippen LogP contribution in [-0.4, -0.2) is 15.9 Å². The van der Waals surface area contributed by atoms with E-state index in [-0.39, 0.29) is 5.91 Å². The summed E-state index contributed by atoms with van der Waals surface area (Å²) in [6, 6.07) is 0. The van der Waals surface area contributed by atoms with Crippen LogP contribution in [0.4, 0.5) is 5.13 Å². The number of aryl methyl sites for hydroxylation is 1. The van der Waals surface area contributed by atoms with Gasteiger partial charge in [0.25, 0.3) is 5.91 Å². The van der Waals surface area contributed by atoms with Crippen molar-refractivity contribution in [2.45, 2.75) is 39.2 Å². The maximum atomic E-state index is 12.1. The van der Waals surface area contributed by atoms with Crippen molar-refractivity contribution in [2.75, 3.05) is 5.32 Å². The molecule has 0 saturated carbocycles. The van der Waals surface area contributed by atoms with Crippen LogP contribution >= 0.6 is 22.7 Å². The summed E-state index contributed by atoms with van der Waals surface area (Å²) in [5.41, 5.74) is 7.08. The van der Waals surface area contributed by atoms with Gasteiger partial charge in [0.2, 0.25) is 0 Å². The van der Waals surface area contributed by atoms with Crippen molar-refractivity contribution >= 4 is 33.7 Å². The van der Waals surface area contributed by atoms with Crippen LogP contribution in [0.1, 0.15) is 45.8 Å². The van der Waals surface area contributed by atoms with Crippen LogP contribution in [0, 0.1) is 5.92 Å². The molecule has 1 atom stereocenters. The van der Waals surface area contributed by atoms with E-state index in [1.165, 1.54) is 29.1 Å². The number of hydrogen-bond acceptors (Lipinski definition) is 6. The Morgan fingerprint density at radius 1 is 1.52 bits per heavy atom. The van der Waals surface area contributed by atoms with Crippen molar-refractivity contribution < 1.29 is 4.79 Å². The van der Waals surface area contributed by atoms with Gasteiger partial charge >= 0.3 is 0 Å². The van der Waals surface area contributed by atoms with Crippen LogP contribution in [0.3, 0.4) is 0 Å². The second-order valence-electron chi connectivity index (χ2n) is 5.19. The topological polar surface area (TPSA) is 80.9 Å². The van der Waals surface area contributed by atoms with Crippen LogP contribution in [0.2, 0.25) is 0 Å². The third kappa shape index (κ3) is 3.14. The highest BCUT2D eigenvalue weighted by molar-refractivity contribution is 7.16. The lowest BCUT2D eigenvalue weighted by Crippen LogP contribution is -2.13.